The number of hydrogen-bond donors (Lipinski definition) is 1. The maximum absolute atomic E-state index is 12.5. The molecule has 2 rings (SSSR count). The number of thioether (sulfide) groups is 1. The average molecular weight is 357 g/mol. The Hall–Kier alpha value is -1.15. The number of nitrogens with zero attached hydrogens (tertiary/aromatic N) is 3. The standard InChI is InChI=1S/C15H24N4O2S2/c1-9(2)13(21)16-14-17-18-15(23-14)22-8-12(20)19-10(3)6-5-7-11(19)4/h9-11H,5-8H2,1-4H3,(H,16,17,21)/t10-,11-/m1/s1. The summed E-state index contributed by atoms with van der Waals surface area (Å²) in [6.07, 6.45) is 3.34. The van der Waals surface area contributed by atoms with Gasteiger partial charge in [-0.25, -0.2) is 0 Å². The van der Waals surface area contributed by atoms with Crippen LogP contribution in [0.1, 0.15) is 47.0 Å². The van der Waals surface area contributed by atoms with Gasteiger partial charge in [0.15, 0.2) is 4.34 Å². The monoisotopic (exact) mass is 356 g/mol. The SMILES string of the molecule is CC(C)C(=O)Nc1nnc(SCC(=O)N2[C@H](C)CCC[C@H]2C)s1. The molecule has 128 valence electrons. The molecule has 0 saturated carbocycles. The molecule has 2 heterocycles. The van der Waals surface area contributed by atoms with E-state index in [-0.39, 0.29) is 17.7 Å². The molecule has 0 spiro atoms. The lowest BCUT2D eigenvalue weighted by atomic mass is 9.98. The van der Waals surface area contributed by atoms with Gasteiger partial charge in [-0.3, -0.25) is 9.59 Å². The molecular weight excluding hydrogens is 332 g/mol. The van der Waals surface area contributed by atoms with E-state index in [9.17, 15) is 9.59 Å². The zero-order valence-electron chi connectivity index (χ0n) is 14.0. The third kappa shape index (κ3) is 4.91. The molecule has 0 unspecified atom stereocenters. The van der Waals surface area contributed by atoms with Gasteiger partial charge in [-0.1, -0.05) is 36.9 Å². The summed E-state index contributed by atoms with van der Waals surface area (Å²) < 4.78 is 0.703. The number of rotatable bonds is 5. The van der Waals surface area contributed by atoms with E-state index in [2.05, 4.69) is 29.4 Å². The molecule has 1 aromatic rings. The normalized spacial score (nSPS) is 21.5. The molecule has 6 nitrogen and oxygen atoms in total. The van der Waals surface area contributed by atoms with E-state index in [1.54, 1.807) is 0 Å². The Balaban J connectivity index is 1.87. The van der Waals surface area contributed by atoms with E-state index < -0.39 is 0 Å². The van der Waals surface area contributed by atoms with Crippen LogP contribution in [0.15, 0.2) is 4.34 Å². The predicted molar refractivity (Wildman–Crippen MR) is 93.7 cm³/mol. The van der Waals surface area contributed by atoms with Gasteiger partial charge in [0.25, 0.3) is 0 Å². The van der Waals surface area contributed by atoms with E-state index >= 15 is 0 Å². The minimum Gasteiger partial charge on any atom is -0.337 e. The van der Waals surface area contributed by atoms with E-state index in [4.69, 9.17) is 0 Å². The molecule has 1 saturated heterocycles. The van der Waals surface area contributed by atoms with Gasteiger partial charge < -0.3 is 10.2 Å². The van der Waals surface area contributed by atoms with Crippen LogP contribution in [0.3, 0.4) is 0 Å². The molecule has 23 heavy (non-hydrogen) atoms. The van der Waals surface area contributed by atoms with Crippen molar-refractivity contribution in [3.8, 4) is 0 Å². The highest BCUT2D eigenvalue weighted by atomic mass is 32.2. The Morgan fingerprint density at radius 1 is 1.30 bits per heavy atom. The highest BCUT2D eigenvalue weighted by molar-refractivity contribution is 8.01. The summed E-state index contributed by atoms with van der Waals surface area (Å²) in [6.45, 7) is 7.88. The number of amides is 2. The van der Waals surface area contributed by atoms with Crippen LogP contribution in [-0.2, 0) is 9.59 Å². The zero-order chi connectivity index (χ0) is 17.0. The Morgan fingerprint density at radius 3 is 2.57 bits per heavy atom. The molecule has 2 amide bonds. The van der Waals surface area contributed by atoms with E-state index in [0.717, 1.165) is 12.8 Å². The third-order valence-corrected chi connectivity index (χ3v) is 5.92. The fourth-order valence-corrected chi connectivity index (χ4v) is 4.30. The van der Waals surface area contributed by atoms with Crippen molar-refractivity contribution in [2.75, 3.05) is 11.1 Å². The largest absolute Gasteiger partial charge is 0.337 e. The Labute approximate surface area is 145 Å². The van der Waals surface area contributed by atoms with Gasteiger partial charge in [0.1, 0.15) is 0 Å². The lowest BCUT2D eigenvalue weighted by Gasteiger charge is -2.39. The first-order valence-corrected chi connectivity index (χ1v) is 9.77. The van der Waals surface area contributed by atoms with Gasteiger partial charge in [0.05, 0.1) is 5.75 Å². The number of anilines is 1. The molecule has 0 bridgehead atoms. The zero-order valence-corrected chi connectivity index (χ0v) is 15.7. The fourth-order valence-electron chi connectivity index (χ4n) is 2.68. The molecule has 8 heteroatoms. The van der Waals surface area contributed by atoms with Crippen LogP contribution in [0.5, 0.6) is 0 Å². The average Bonchev–Trinajstić information content (AvgIpc) is 2.92. The number of hydrogen-bond acceptors (Lipinski definition) is 6. The van der Waals surface area contributed by atoms with Crippen LogP contribution in [0.2, 0.25) is 0 Å². The lowest BCUT2D eigenvalue weighted by Crippen LogP contribution is -2.48. The number of carbonyl (C=O) groups is 2. The summed E-state index contributed by atoms with van der Waals surface area (Å²) in [5.74, 6) is 0.336. The van der Waals surface area contributed by atoms with Crippen molar-refractivity contribution >= 4 is 40.0 Å². The van der Waals surface area contributed by atoms with Gasteiger partial charge in [-0.2, -0.15) is 0 Å². The molecule has 0 radical (unpaired) electrons. The number of likely N-dealkylation sites (tertiary alicyclic amines) is 1. The predicted octanol–water partition coefficient (Wildman–Crippen LogP) is 3.01. The minimum absolute atomic E-state index is 0.0789. The lowest BCUT2D eigenvalue weighted by molar-refractivity contribution is -0.134. The first kappa shape index (κ1) is 18.2. The van der Waals surface area contributed by atoms with Gasteiger partial charge in [0, 0.05) is 18.0 Å². The highest BCUT2D eigenvalue weighted by Crippen LogP contribution is 2.28. The smallest absolute Gasteiger partial charge is 0.233 e. The van der Waals surface area contributed by atoms with Crippen molar-refractivity contribution in [3.05, 3.63) is 0 Å². The summed E-state index contributed by atoms with van der Waals surface area (Å²) >= 11 is 2.69. The summed E-state index contributed by atoms with van der Waals surface area (Å²) in [4.78, 5) is 26.1. The van der Waals surface area contributed by atoms with E-state index in [0.29, 0.717) is 27.3 Å². The Kier molecular flexibility index (Phi) is 6.41. The summed E-state index contributed by atoms with van der Waals surface area (Å²) in [6, 6.07) is 0.615. The second kappa shape index (κ2) is 8.10. The molecule has 0 aromatic carbocycles. The van der Waals surface area contributed by atoms with E-state index in [1.165, 1.54) is 29.5 Å². The van der Waals surface area contributed by atoms with Crippen LogP contribution >= 0.6 is 23.1 Å². The molecular formula is C15H24N4O2S2. The van der Waals surface area contributed by atoms with Crippen LogP contribution in [0.25, 0.3) is 0 Å². The molecule has 2 atom stereocenters. The van der Waals surface area contributed by atoms with Gasteiger partial charge in [-0.15, -0.1) is 10.2 Å². The number of piperidine rings is 1. The molecule has 1 aliphatic rings. The van der Waals surface area contributed by atoms with Gasteiger partial charge >= 0.3 is 0 Å². The third-order valence-electron chi connectivity index (χ3n) is 3.96. The Morgan fingerprint density at radius 2 is 1.96 bits per heavy atom. The quantitative estimate of drug-likeness (QED) is 0.648. The minimum atomic E-state index is -0.0985. The number of nitrogens with one attached hydrogen (secondary N) is 1. The summed E-state index contributed by atoms with van der Waals surface area (Å²) in [5.41, 5.74) is 0. The van der Waals surface area contributed by atoms with Crippen molar-refractivity contribution in [2.45, 2.75) is 63.4 Å². The van der Waals surface area contributed by atoms with Gasteiger partial charge in [-0.05, 0) is 33.1 Å². The van der Waals surface area contributed by atoms with Crippen molar-refractivity contribution in [2.24, 2.45) is 5.92 Å². The fraction of sp³-hybridized carbons (Fsp3) is 0.733. The molecule has 0 aliphatic carbocycles. The highest BCUT2D eigenvalue weighted by Gasteiger charge is 2.28. The van der Waals surface area contributed by atoms with Crippen LogP contribution in [0.4, 0.5) is 5.13 Å². The maximum atomic E-state index is 12.5. The van der Waals surface area contributed by atoms with Gasteiger partial charge in [0.2, 0.25) is 16.9 Å². The van der Waals surface area contributed by atoms with Crippen molar-refractivity contribution in [3.63, 3.8) is 0 Å². The van der Waals surface area contributed by atoms with E-state index in [1.807, 2.05) is 18.7 Å². The van der Waals surface area contributed by atoms with Crippen LogP contribution < -0.4 is 5.32 Å². The molecule has 1 aromatic heterocycles. The molecule has 1 aliphatic heterocycles. The van der Waals surface area contributed by atoms with Crippen LogP contribution in [-0.4, -0.2) is 44.7 Å². The summed E-state index contributed by atoms with van der Waals surface area (Å²) in [7, 11) is 0. The van der Waals surface area contributed by atoms with Crippen molar-refractivity contribution in [1.29, 1.82) is 0 Å². The first-order valence-electron chi connectivity index (χ1n) is 7.96. The first-order chi connectivity index (χ1) is 10.9. The second-order valence-electron chi connectivity index (χ2n) is 6.24. The number of aromatic nitrogens is 2. The number of carbonyl (C=O) groups excluding carboxylic acids is 2. The maximum Gasteiger partial charge on any atom is 0.233 e. The molecule has 1 fully saturated rings. The topological polar surface area (TPSA) is 75.2 Å². The van der Waals surface area contributed by atoms with Crippen molar-refractivity contribution < 1.29 is 9.59 Å². The van der Waals surface area contributed by atoms with Crippen LogP contribution in [0, 0.1) is 5.92 Å². The van der Waals surface area contributed by atoms with Crippen molar-refractivity contribution in [1.82, 2.24) is 15.1 Å². The summed E-state index contributed by atoms with van der Waals surface area (Å²) in [5, 5.41) is 11.2. The molecule has 1 N–H and O–H groups in total. The second-order valence-corrected chi connectivity index (χ2v) is 8.44. The Bertz CT molecular complexity index is 551.